The van der Waals surface area contributed by atoms with E-state index in [1.807, 2.05) is 6.07 Å². The molecule has 3 nitrogen and oxygen atoms in total. The fraction of sp³-hybridized carbons (Fsp3) is 0.500. The molecule has 2 heterocycles. The summed E-state index contributed by atoms with van der Waals surface area (Å²) >= 11 is 0. The monoisotopic (exact) mass is 214 g/mol. The minimum atomic E-state index is -0.134. The van der Waals surface area contributed by atoms with E-state index in [2.05, 4.69) is 25.8 Å². The molecule has 2 rings (SSSR count). The zero-order valence-corrected chi connectivity index (χ0v) is 9.95. The second-order valence-corrected chi connectivity index (χ2v) is 5.50. The molecule has 0 atom stereocenters. The molecule has 1 amide bonds. The molecular weight excluding hydrogens is 199 g/mol. The summed E-state index contributed by atoms with van der Waals surface area (Å²) in [6.45, 7) is 7.00. The number of rotatable bonds is 1. The van der Waals surface area contributed by atoms with Gasteiger partial charge in [0.05, 0.1) is 5.56 Å². The molecule has 82 valence electrons. The molecule has 0 saturated carbocycles. The van der Waals surface area contributed by atoms with E-state index in [1.165, 1.54) is 4.81 Å². The third-order valence-electron chi connectivity index (χ3n) is 2.59. The van der Waals surface area contributed by atoms with Crippen molar-refractivity contribution in [2.45, 2.75) is 33.7 Å². The number of fused-ring (bicyclic) bond motifs is 1. The van der Waals surface area contributed by atoms with Crippen molar-refractivity contribution >= 4 is 13.9 Å². The van der Waals surface area contributed by atoms with Crippen LogP contribution in [-0.2, 0) is 13.0 Å². The minimum absolute atomic E-state index is 0.134. The number of pyridine rings is 1. The zero-order chi connectivity index (χ0) is 11.9. The lowest BCUT2D eigenvalue weighted by Gasteiger charge is -2.17. The van der Waals surface area contributed by atoms with Gasteiger partial charge in [0.25, 0.3) is 0 Å². The maximum Gasteiger partial charge on any atom is 0.243 e. The molecule has 16 heavy (non-hydrogen) atoms. The Morgan fingerprint density at radius 3 is 2.81 bits per heavy atom. The summed E-state index contributed by atoms with van der Waals surface area (Å²) < 4.78 is 0. The van der Waals surface area contributed by atoms with Gasteiger partial charge < -0.3 is 4.81 Å². The van der Waals surface area contributed by atoms with E-state index in [0.717, 1.165) is 17.7 Å². The van der Waals surface area contributed by atoms with E-state index in [-0.39, 0.29) is 11.3 Å². The van der Waals surface area contributed by atoms with Crippen LogP contribution in [0.25, 0.3) is 0 Å². The van der Waals surface area contributed by atoms with Gasteiger partial charge in [-0.15, -0.1) is 0 Å². The Kier molecular flexibility index (Phi) is 2.52. The van der Waals surface area contributed by atoms with Crippen LogP contribution in [-0.4, -0.2) is 23.7 Å². The van der Waals surface area contributed by atoms with Gasteiger partial charge in [-0.1, -0.05) is 20.8 Å². The Hall–Kier alpha value is -1.32. The van der Waals surface area contributed by atoms with Crippen LogP contribution in [0.3, 0.4) is 0 Å². The summed E-state index contributed by atoms with van der Waals surface area (Å²) in [4.78, 5) is 17.1. The Morgan fingerprint density at radius 1 is 1.50 bits per heavy atom. The van der Waals surface area contributed by atoms with Gasteiger partial charge in [-0.3, -0.25) is 9.78 Å². The van der Waals surface area contributed by atoms with Crippen molar-refractivity contribution in [3.63, 3.8) is 0 Å². The average molecular weight is 214 g/mol. The fourth-order valence-corrected chi connectivity index (χ4v) is 1.92. The second kappa shape index (κ2) is 3.61. The summed E-state index contributed by atoms with van der Waals surface area (Å²) in [6, 6.07) is 1.99. The van der Waals surface area contributed by atoms with Crippen molar-refractivity contribution in [1.82, 2.24) is 9.79 Å². The van der Waals surface area contributed by atoms with Gasteiger partial charge in [0.15, 0.2) is 0 Å². The number of amides is 1. The van der Waals surface area contributed by atoms with Crippen LogP contribution >= 0.6 is 0 Å². The van der Waals surface area contributed by atoms with E-state index >= 15 is 0 Å². The molecule has 0 aromatic carbocycles. The van der Waals surface area contributed by atoms with Crippen LogP contribution < -0.4 is 0 Å². The first-order valence-corrected chi connectivity index (χ1v) is 5.41. The Bertz CT molecular complexity index is 437. The second-order valence-electron chi connectivity index (χ2n) is 5.50. The minimum Gasteiger partial charge on any atom is -0.389 e. The van der Waals surface area contributed by atoms with Crippen molar-refractivity contribution in [3.05, 3.63) is 29.1 Å². The third kappa shape index (κ3) is 2.10. The highest BCUT2D eigenvalue weighted by molar-refractivity contribution is 6.19. The topological polar surface area (TPSA) is 33.2 Å². The van der Waals surface area contributed by atoms with Crippen LogP contribution in [0.2, 0.25) is 0 Å². The predicted octanol–water partition coefficient (Wildman–Crippen LogP) is 1.71. The van der Waals surface area contributed by atoms with E-state index in [9.17, 15) is 4.79 Å². The molecule has 2 radical (unpaired) electrons. The maximum atomic E-state index is 11.6. The molecule has 0 unspecified atom stereocenters. The van der Waals surface area contributed by atoms with E-state index in [4.69, 9.17) is 7.98 Å². The highest BCUT2D eigenvalue weighted by atomic mass is 16.2. The highest BCUT2D eigenvalue weighted by Crippen LogP contribution is 2.24. The van der Waals surface area contributed by atoms with Gasteiger partial charge in [-0.25, -0.2) is 0 Å². The quantitative estimate of drug-likeness (QED) is 0.666. The molecular formula is C12H15BN2O. The van der Waals surface area contributed by atoms with E-state index in [0.29, 0.717) is 12.1 Å². The average Bonchev–Trinajstić information content (AvgIpc) is 2.40. The Balaban J connectivity index is 2.29. The van der Waals surface area contributed by atoms with Gasteiger partial charge in [0.1, 0.15) is 0 Å². The first kappa shape index (κ1) is 11.2. The molecule has 4 heteroatoms. The number of hydrogen-bond donors (Lipinski definition) is 0. The molecule has 0 fully saturated rings. The van der Waals surface area contributed by atoms with Crippen molar-refractivity contribution in [3.8, 4) is 0 Å². The zero-order valence-electron chi connectivity index (χ0n) is 9.95. The lowest BCUT2D eigenvalue weighted by molar-refractivity contribution is 0.0880. The first-order valence-electron chi connectivity index (χ1n) is 5.41. The molecule has 1 aromatic heterocycles. The molecule has 1 aromatic rings. The lowest BCUT2D eigenvalue weighted by atomic mass is 9.90. The number of carbonyl (C=O) groups excluding carboxylic acids is 1. The van der Waals surface area contributed by atoms with Crippen LogP contribution in [0.4, 0.5) is 0 Å². The van der Waals surface area contributed by atoms with E-state index in [1.54, 1.807) is 6.20 Å². The lowest BCUT2D eigenvalue weighted by Crippen LogP contribution is -2.19. The van der Waals surface area contributed by atoms with Crippen molar-refractivity contribution in [2.75, 3.05) is 0 Å². The van der Waals surface area contributed by atoms with Crippen molar-refractivity contribution < 1.29 is 4.79 Å². The molecule has 1 aliphatic heterocycles. The number of carbonyl (C=O) groups is 1. The van der Waals surface area contributed by atoms with Crippen LogP contribution in [0.1, 0.15) is 42.4 Å². The molecule has 0 bridgehead atoms. The van der Waals surface area contributed by atoms with E-state index < -0.39 is 0 Å². The van der Waals surface area contributed by atoms with Gasteiger partial charge in [0.2, 0.25) is 13.9 Å². The SMILES string of the molecule is [B]N1Cc2cc(CC(C)(C)C)ncc2C1=O. The molecule has 0 N–H and O–H groups in total. The standard InChI is InChI=1S/C12H15BN2O/c1-12(2,3)5-9-4-8-7-15(13)11(16)10(8)6-14-9/h4,6H,5,7H2,1-3H3. The number of aromatic nitrogens is 1. The van der Waals surface area contributed by atoms with Crippen LogP contribution in [0.5, 0.6) is 0 Å². The summed E-state index contributed by atoms with van der Waals surface area (Å²) in [5.74, 6) is -0.134. The summed E-state index contributed by atoms with van der Waals surface area (Å²) in [6.07, 6.45) is 2.55. The van der Waals surface area contributed by atoms with Gasteiger partial charge >= 0.3 is 0 Å². The number of nitrogens with zero attached hydrogens (tertiary/aromatic N) is 2. The molecule has 0 saturated heterocycles. The fourth-order valence-electron chi connectivity index (χ4n) is 1.92. The number of hydrogen-bond acceptors (Lipinski definition) is 2. The summed E-state index contributed by atoms with van der Waals surface area (Å²) in [5, 5.41) is 0. The van der Waals surface area contributed by atoms with Gasteiger partial charge in [0, 0.05) is 18.4 Å². The van der Waals surface area contributed by atoms with Gasteiger partial charge in [-0.2, -0.15) is 0 Å². The molecule has 0 spiro atoms. The van der Waals surface area contributed by atoms with Crippen molar-refractivity contribution in [1.29, 1.82) is 0 Å². The summed E-state index contributed by atoms with van der Waals surface area (Å²) in [7, 11) is 5.56. The predicted molar refractivity (Wildman–Crippen MR) is 63.0 cm³/mol. The summed E-state index contributed by atoms with van der Waals surface area (Å²) in [5.41, 5.74) is 2.85. The highest BCUT2D eigenvalue weighted by Gasteiger charge is 2.25. The maximum absolute atomic E-state index is 11.6. The molecule has 1 aliphatic rings. The Labute approximate surface area is 97.3 Å². The van der Waals surface area contributed by atoms with Crippen LogP contribution in [0.15, 0.2) is 12.3 Å². The normalized spacial score (nSPS) is 15.4. The first-order chi connectivity index (χ1) is 7.37. The van der Waals surface area contributed by atoms with Gasteiger partial charge in [-0.05, 0) is 23.5 Å². The van der Waals surface area contributed by atoms with Crippen LogP contribution in [0, 0.1) is 5.41 Å². The smallest absolute Gasteiger partial charge is 0.243 e. The molecule has 0 aliphatic carbocycles. The largest absolute Gasteiger partial charge is 0.389 e. The Morgan fingerprint density at radius 2 is 2.19 bits per heavy atom. The third-order valence-corrected chi connectivity index (χ3v) is 2.59. The van der Waals surface area contributed by atoms with Crippen molar-refractivity contribution in [2.24, 2.45) is 5.41 Å².